The highest BCUT2D eigenvalue weighted by Crippen LogP contribution is 3.07. The normalized spacial score (nSPS) is 33.2. The third-order valence-corrected chi connectivity index (χ3v) is 346. The van der Waals surface area contributed by atoms with Gasteiger partial charge in [-0.15, -0.1) is 0 Å². The first-order valence-corrected chi connectivity index (χ1v) is 48.1. The Morgan fingerprint density at radius 3 is 0.538 bits per heavy atom. The molecule has 2 aromatic rings. The summed E-state index contributed by atoms with van der Waals surface area (Å²) in [6, 6.07) is 26.3. The predicted octanol–water partition coefficient (Wildman–Crippen LogP) is 12.7. The van der Waals surface area contributed by atoms with E-state index in [1.54, 1.807) is 0 Å². The minimum atomic E-state index is -2.16. The van der Waals surface area contributed by atoms with Crippen LogP contribution in [0.4, 0.5) is 0 Å². The molecule has 4 heterocycles. The molecule has 0 aromatic heterocycles. The summed E-state index contributed by atoms with van der Waals surface area (Å²) in [5, 5.41) is 7.23. The Morgan fingerprint density at radius 2 is 0.404 bits per heavy atom. The van der Waals surface area contributed by atoms with Crippen molar-refractivity contribution in [2.24, 2.45) is 0 Å². The molecule has 0 aliphatic carbocycles. The van der Waals surface area contributed by atoms with Crippen molar-refractivity contribution in [3.05, 3.63) is 60.7 Å². The molecule has 0 amide bonds. The van der Waals surface area contributed by atoms with Gasteiger partial charge in [0.25, 0.3) is 0 Å². The van der Waals surface area contributed by atoms with Crippen molar-refractivity contribution in [3.8, 4) is 0 Å². The summed E-state index contributed by atoms with van der Waals surface area (Å²) in [4.78, 5) is 0. The number of benzene rings is 2. The highest BCUT2D eigenvalue weighted by atomic mass is 31.1. The van der Waals surface area contributed by atoms with E-state index in [1.807, 2.05) is 10.4 Å². The van der Waals surface area contributed by atoms with Crippen molar-refractivity contribution >= 4 is 64.3 Å². The third-order valence-electron chi connectivity index (χ3n) is 17.5. The molecule has 8 heteroatoms. The lowest BCUT2D eigenvalue weighted by molar-refractivity contribution is 0.641. The lowest BCUT2D eigenvalue weighted by atomic mass is 10.2. The van der Waals surface area contributed by atoms with Gasteiger partial charge in [0, 0.05) is 40.7 Å². The van der Waals surface area contributed by atoms with Crippen molar-refractivity contribution in [1.82, 2.24) is 0 Å². The van der Waals surface area contributed by atoms with E-state index in [2.05, 4.69) is 227 Å². The van der Waals surface area contributed by atoms with Gasteiger partial charge in [-0.3, -0.25) is 0 Å². The molecule has 290 valence electrons. The standard InChI is InChI=1S/C44H82Si8/c1-37(2,3)47(38(4,5)6)45(35-31-27-25-28-32-35)49(41(13,14)15,42(16,17)18)52-46(36-33-29-26-30-34-36,48(52,39(7,8)9)40(10,11)12)50(43(19,20)21,44(22,23)24)51(45,47)52/h25-34H,1-24H3. The zero-order valence-corrected chi connectivity index (χ0v) is 46.8. The van der Waals surface area contributed by atoms with Crippen LogP contribution in [-0.4, -0.2) is 54.0 Å². The van der Waals surface area contributed by atoms with E-state index in [9.17, 15) is 0 Å². The molecule has 0 radical (unpaired) electrons. The molecule has 0 bridgehead atoms. The predicted molar refractivity (Wildman–Crippen MR) is 256 cm³/mol. The molecule has 4 fully saturated rings. The molecule has 4 aliphatic heterocycles. The zero-order chi connectivity index (χ0) is 40.2. The van der Waals surface area contributed by atoms with Gasteiger partial charge in [-0.05, 0) is 40.3 Å². The van der Waals surface area contributed by atoms with Gasteiger partial charge in [-0.2, -0.15) is 0 Å². The maximum atomic E-state index is 2.92. The first-order chi connectivity index (χ1) is 23.0. The Hall–Kier alpha value is 0.175. The number of hydrogen-bond donors (Lipinski definition) is 0. The summed E-state index contributed by atoms with van der Waals surface area (Å²) in [6.45, 7) is 65.7. The second-order valence-corrected chi connectivity index (χ2v) is 134. The molecule has 0 N–H and O–H groups in total. The highest BCUT2D eigenvalue weighted by molar-refractivity contribution is 8.87. The molecular formula is C44H82Si8. The second kappa shape index (κ2) is 10.2. The lowest BCUT2D eigenvalue weighted by Gasteiger charge is -2.86. The topological polar surface area (TPSA) is 0 Å². The summed E-state index contributed by atoms with van der Waals surface area (Å²) in [7, 11) is -8.47. The Bertz CT molecular complexity index is 1590. The van der Waals surface area contributed by atoms with E-state index < -0.39 is 54.0 Å². The van der Waals surface area contributed by atoms with Crippen LogP contribution in [-0.2, 0) is 0 Å². The third kappa shape index (κ3) is 3.19. The minimum Gasteiger partial charge on any atom is -0.0683 e. The zero-order valence-electron chi connectivity index (χ0n) is 38.8. The first kappa shape index (κ1) is 41.8. The quantitative estimate of drug-likeness (QED) is 0.264. The second-order valence-electron chi connectivity index (χ2n) is 26.7. The Morgan fingerprint density at radius 1 is 0.250 bits per heavy atom. The molecule has 0 unspecified atom stereocenters. The van der Waals surface area contributed by atoms with Crippen molar-refractivity contribution in [3.63, 3.8) is 0 Å². The molecule has 52 heavy (non-hydrogen) atoms. The van der Waals surface area contributed by atoms with Crippen LogP contribution in [0.5, 0.6) is 0 Å². The van der Waals surface area contributed by atoms with E-state index in [0.717, 1.165) is 0 Å². The van der Waals surface area contributed by atoms with Crippen molar-refractivity contribution in [2.45, 2.75) is 206 Å². The van der Waals surface area contributed by atoms with E-state index in [1.165, 1.54) is 0 Å². The Labute approximate surface area is 329 Å². The first-order valence-electron chi connectivity index (χ1n) is 21.1. The van der Waals surface area contributed by atoms with Gasteiger partial charge in [-0.25, -0.2) is 0 Å². The summed E-state index contributed by atoms with van der Waals surface area (Å²) in [5.74, 6) is 0. The van der Waals surface area contributed by atoms with Crippen LogP contribution in [0.1, 0.15) is 166 Å². The number of hydrogen-bond acceptors (Lipinski definition) is 0. The van der Waals surface area contributed by atoms with E-state index in [-0.39, 0.29) is 0 Å². The fraction of sp³-hybridized carbons (Fsp3) is 0.727. The highest BCUT2D eigenvalue weighted by Gasteiger charge is 3.36. The average molecular weight is 836 g/mol. The molecule has 4 aliphatic rings. The van der Waals surface area contributed by atoms with Crippen molar-refractivity contribution in [1.29, 1.82) is 0 Å². The van der Waals surface area contributed by atoms with Crippen molar-refractivity contribution in [2.75, 3.05) is 0 Å². The van der Waals surface area contributed by atoms with Gasteiger partial charge in [0.15, 0.2) is 0 Å². The summed E-state index contributed by atoms with van der Waals surface area (Å²) >= 11 is 0. The van der Waals surface area contributed by atoms with E-state index >= 15 is 0 Å². The van der Waals surface area contributed by atoms with Gasteiger partial charge in [0.05, 0.1) is 13.3 Å². The largest absolute Gasteiger partial charge is 0.0683 e. The average Bonchev–Trinajstić information content (AvgIpc) is 3.68. The summed E-state index contributed by atoms with van der Waals surface area (Å²) in [5.41, 5.74) is 0. The van der Waals surface area contributed by atoms with Crippen LogP contribution in [0, 0.1) is 0 Å². The summed E-state index contributed by atoms with van der Waals surface area (Å²) in [6.07, 6.45) is -3.95. The molecular weight excluding hydrogens is 753 g/mol. The maximum absolute atomic E-state index is 2.92. The Kier molecular flexibility index (Phi) is 8.23. The molecule has 0 nitrogen and oxygen atoms in total. The van der Waals surface area contributed by atoms with Gasteiger partial charge in [0.2, 0.25) is 0 Å². The van der Waals surface area contributed by atoms with Crippen LogP contribution in [0.3, 0.4) is 0 Å². The fourth-order valence-electron chi connectivity index (χ4n) is 21.7. The molecule has 2 aromatic carbocycles. The SMILES string of the molecule is CC(C)(C)[Si]1(C(C)(C)C)[Si]2(c3ccccc3)[Si](C(C)(C)C)(C(C)(C)C)[Si]34[Si](C(C)(C)C)(C(C)(C)C)[Si]3(c3ccccc3)[Si](C(C)(C)C)(C(C)(C)C)[Si]124. The fourth-order valence-corrected chi connectivity index (χ4v) is 928. The molecule has 2 spiro atoms. The van der Waals surface area contributed by atoms with Gasteiger partial charge >= 0.3 is 0 Å². The van der Waals surface area contributed by atoms with Crippen LogP contribution >= 0.6 is 0 Å². The number of rotatable bonds is 2. The van der Waals surface area contributed by atoms with Crippen LogP contribution < -0.4 is 10.4 Å². The molecule has 0 saturated carbocycles. The van der Waals surface area contributed by atoms with Crippen LogP contribution in [0.2, 0.25) is 40.3 Å². The van der Waals surface area contributed by atoms with Crippen molar-refractivity contribution < 1.29 is 0 Å². The molecule has 4 saturated heterocycles. The van der Waals surface area contributed by atoms with Gasteiger partial charge in [-0.1, -0.05) is 237 Å². The Balaban J connectivity index is 2.19. The smallest absolute Gasteiger partial charge is 0.0587 e. The van der Waals surface area contributed by atoms with E-state index in [0.29, 0.717) is 40.3 Å². The maximum Gasteiger partial charge on any atom is 0.0587 e. The van der Waals surface area contributed by atoms with Gasteiger partial charge < -0.3 is 0 Å². The molecule has 6 rings (SSSR count). The molecule has 0 atom stereocenters. The van der Waals surface area contributed by atoms with Gasteiger partial charge in [0.1, 0.15) is 0 Å². The minimum absolute atomic E-state index is 0.385. The lowest BCUT2D eigenvalue weighted by Crippen LogP contribution is -3.16. The van der Waals surface area contributed by atoms with E-state index in [4.69, 9.17) is 0 Å². The monoisotopic (exact) mass is 834 g/mol. The van der Waals surface area contributed by atoms with Crippen LogP contribution in [0.25, 0.3) is 0 Å². The van der Waals surface area contributed by atoms with Crippen LogP contribution in [0.15, 0.2) is 60.7 Å². The summed E-state index contributed by atoms with van der Waals surface area (Å²) < 4.78 is 0.